The SMILES string of the molecule is Cc1cc(C)cc(-c2nc3ccccc3nc2C(F)(F)F)c1. The summed E-state index contributed by atoms with van der Waals surface area (Å²) in [5.74, 6) is 0. The normalized spacial score (nSPS) is 11.9. The van der Waals surface area contributed by atoms with Gasteiger partial charge in [0.05, 0.1) is 11.0 Å². The summed E-state index contributed by atoms with van der Waals surface area (Å²) in [6.07, 6.45) is -4.55. The van der Waals surface area contributed by atoms with Crippen LogP contribution in [0, 0.1) is 13.8 Å². The first-order valence-electron chi connectivity index (χ1n) is 6.77. The fourth-order valence-corrected chi connectivity index (χ4v) is 2.51. The summed E-state index contributed by atoms with van der Waals surface area (Å²) in [4.78, 5) is 8.01. The Balaban J connectivity index is 2.35. The second-order valence-corrected chi connectivity index (χ2v) is 5.28. The Kier molecular flexibility index (Phi) is 3.35. The second kappa shape index (κ2) is 5.09. The first-order valence-corrected chi connectivity index (χ1v) is 6.77. The van der Waals surface area contributed by atoms with E-state index in [2.05, 4.69) is 9.97 Å². The van der Waals surface area contributed by atoms with Gasteiger partial charge in [-0.2, -0.15) is 13.2 Å². The van der Waals surface area contributed by atoms with Crippen molar-refractivity contribution in [2.24, 2.45) is 0 Å². The third kappa shape index (κ3) is 2.66. The van der Waals surface area contributed by atoms with Gasteiger partial charge in [-0.25, -0.2) is 9.97 Å². The smallest absolute Gasteiger partial charge is 0.244 e. The van der Waals surface area contributed by atoms with Crippen LogP contribution in [-0.2, 0) is 6.18 Å². The Labute approximate surface area is 125 Å². The molecule has 2 aromatic carbocycles. The van der Waals surface area contributed by atoms with Crippen molar-refractivity contribution in [1.29, 1.82) is 0 Å². The molecular formula is C17H13F3N2. The maximum atomic E-state index is 13.4. The Hall–Kier alpha value is -2.43. The number of hydrogen-bond donors (Lipinski definition) is 0. The highest BCUT2D eigenvalue weighted by Crippen LogP contribution is 2.36. The van der Waals surface area contributed by atoms with Crippen molar-refractivity contribution in [2.75, 3.05) is 0 Å². The van der Waals surface area contributed by atoms with E-state index in [4.69, 9.17) is 0 Å². The molecule has 1 heterocycles. The van der Waals surface area contributed by atoms with Crippen LogP contribution in [0.4, 0.5) is 13.2 Å². The van der Waals surface area contributed by atoms with E-state index in [0.29, 0.717) is 11.1 Å². The summed E-state index contributed by atoms with van der Waals surface area (Å²) in [7, 11) is 0. The predicted octanol–water partition coefficient (Wildman–Crippen LogP) is 4.93. The molecule has 0 atom stereocenters. The average Bonchev–Trinajstić information content (AvgIpc) is 2.44. The minimum Gasteiger partial charge on any atom is -0.244 e. The molecule has 1 aromatic heterocycles. The van der Waals surface area contributed by atoms with E-state index in [-0.39, 0.29) is 11.2 Å². The van der Waals surface area contributed by atoms with Crippen LogP contribution in [0.2, 0.25) is 0 Å². The average molecular weight is 302 g/mol. The van der Waals surface area contributed by atoms with Crippen molar-refractivity contribution in [3.05, 3.63) is 59.3 Å². The second-order valence-electron chi connectivity index (χ2n) is 5.28. The van der Waals surface area contributed by atoms with Gasteiger partial charge in [0, 0.05) is 5.56 Å². The molecule has 0 saturated carbocycles. The first-order chi connectivity index (χ1) is 10.3. The van der Waals surface area contributed by atoms with Crippen LogP contribution >= 0.6 is 0 Å². The zero-order valence-corrected chi connectivity index (χ0v) is 12.1. The molecule has 0 bridgehead atoms. The molecule has 112 valence electrons. The highest BCUT2D eigenvalue weighted by atomic mass is 19.4. The quantitative estimate of drug-likeness (QED) is 0.637. The van der Waals surface area contributed by atoms with Gasteiger partial charge in [-0.15, -0.1) is 0 Å². The predicted molar refractivity (Wildman–Crippen MR) is 79.5 cm³/mol. The van der Waals surface area contributed by atoms with Gasteiger partial charge in [-0.05, 0) is 38.1 Å². The number of hydrogen-bond acceptors (Lipinski definition) is 2. The van der Waals surface area contributed by atoms with Gasteiger partial charge in [0.2, 0.25) is 0 Å². The van der Waals surface area contributed by atoms with Crippen LogP contribution < -0.4 is 0 Å². The largest absolute Gasteiger partial charge is 0.435 e. The van der Waals surface area contributed by atoms with Crippen molar-refractivity contribution >= 4 is 11.0 Å². The van der Waals surface area contributed by atoms with Gasteiger partial charge >= 0.3 is 6.18 Å². The Morgan fingerprint density at radius 2 is 1.36 bits per heavy atom. The van der Waals surface area contributed by atoms with E-state index in [0.717, 1.165) is 11.1 Å². The lowest BCUT2D eigenvalue weighted by molar-refractivity contribution is -0.140. The summed E-state index contributed by atoms with van der Waals surface area (Å²) in [5, 5.41) is 0. The fraction of sp³-hybridized carbons (Fsp3) is 0.176. The summed E-state index contributed by atoms with van der Waals surface area (Å²) >= 11 is 0. The molecule has 0 fully saturated rings. The molecule has 0 N–H and O–H groups in total. The summed E-state index contributed by atoms with van der Waals surface area (Å²) < 4.78 is 40.1. The minimum absolute atomic E-state index is 0.127. The van der Waals surface area contributed by atoms with Gasteiger partial charge < -0.3 is 0 Å². The number of benzene rings is 2. The van der Waals surface area contributed by atoms with Crippen molar-refractivity contribution in [3.8, 4) is 11.3 Å². The van der Waals surface area contributed by atoms with Crippen molar-refractivity contribution < 1.29 is 13.2 Å². The third-order valence-corrected chi connectivity index (χ3v) is 3.33. The third-order valence-electron chi connectivity index (χ3n) is 3.33. The van der Waals surface area contributed by atoms with Gasteiger partial charge in [-0.3, -0.25) is 0 Å². The topological polar surface area (TPSA) is 25.8 Å². The van der Waals surface area contributed by atoms with Gasteiger partial charge in [0.25, 0.3) is 0 Å². The molecule has 0 spiro atoms. The molecule has 3 aromatic rings. The number of para-hydroxylation sites is 2. The number of nitrogens with zero attached hydrogens (tertiary/aromatic N) is 2. The molecule has 5 heteroatoms. The van der Waals surface area contributed by atoms with E-state index in [9.17, 15) is 13.2 Å². The molecule has 22 heavy (non-hydrogen) atoms. The summed E-state index contributed by atoms with van der Waals surface area (Å²) in [6, 6.07) is 11.9. The highest BCUT2D eigenvalue weighted by Gasteiger charge is 2.37. The van der Waals surface area contributed by atoms with Crippen LogP contribution in [-0.4, -0.2) is 9.97 Å². The van der Waals surface area contributed by atoms with Gasteiger partial charge in [0.15, 0.2) is 5.69 Å². The first kappa shape index (κ1) is 14.5. The van der Waals surface area contributed by atoms with E-state index >= 15 is 0 Å². The number of aromatic nitrogens is 2. The maximum Gasteiger partial charge on any atom is 0.435 e. The zero-order valence-electron chi connectivity index (χ0n) is 12.1. The number of alkyl halides is 3. The minimum atomic E-state index is -4.55. The molecule has 3 rings (SSSR count). The monoisotopic (exact) mass is 302 g/mol. The lowest BCUT2D eigenvalue weighted by Crippen LogP contribution is -2.12. The highest BCUT2D eigenvalue weighted by molar-refractivity contribution is 5.78. The maximum absolute atomic E-state index is 13.4. The van der Waals surface area contributed by atoms with Crippen molar-refractivity contribution in [1.82, 2.24) is 9.97 Å². The number of halogens is 3. The summed E-state index contributed by atoms with van der Waals surface area (Å²) in [5.41, 5.74) is 1.82. The molecule has 0 aliphatic heterocycles. The van der Waals surface area contributed by atoms with Gasteiger partial charge in [0.1, 0.15) is 5.69 Å². The molecule has 0 aliphatic rings. The molecule has 0 radical (unpaired) electrons. The molecule has 0 aliphatic carbocycles. The molecule has 0 saturated heterocycles. The Bertz CT molecular complexity index is 834. The van der Waals surface area contributed by atoms with E-state index < -0.39 is 11.9 Å². The molecular weight excluding hydrogens is 289 g/mol. The Morgan fingerprint density at radius 3 is 1.91 bits per heavy atom. The molecule has 0 amide bonds. The summed E-state index contributed by atoms with van der Waals surface area (Å²) in [6.45, 7) is 3.69. The van der Waals surface area contributed by atoms with Crippen LogP contribution in [0.25, 0.3) is 22.3 Å². The van der Waals surface area contributed by atoms with Crippen LogP contribution in [0.1, 0.15) is 16.8 Å². The van der Waals surface area contributed by atoms with Crippen molar-refractivity contribution in [2.45, 2.75) is 20.0 Å². The van der Waals surface area contributed by atoms with E-state index in [1.165, 1.54) is 6.07 Å². The van der Waals surface area contributed by atoms with E-state index in [1.54, 1.807) is 30.3 Å². The van der Waals surface area contributed by atoms with Gasteiger partial charge in [-0.1, -0.05) is 29.3 Å². The standard InChI is InChI=1S/C17H13F3N2/c1-10-7-11(2)9-12(8-10)15-16(17(18,19)20)22-14-6-4-3-5-13(14)21-15/h3-9H,1-2H3. The lowest BCUT2D eigenvalue weighted by Gasteiger charge is -2.13. The number of aryl methyl sites for hydroxylation is 2. The number of rotatable bonds is 1. The zero-order chi connectivity index (χ0) is 15.9. The fourth-order valence-electron chi connectivity index (χ4n) is 2.51. The number of fused-ring (bicyclic) bond motifs is 1. The van der Waals surface area contributed by atoms with E-state index in [1.807, 2.05) is 19.9 Å². The lowest BCUT2D eigenvalue weighted by atomic mass is 10.0. The van der Waals surface area contributed by atoms with Crippen LogP contribution in [0.15, 0.2) is 42.5 Å². The van der Waals surface area contributed by atoms with Crippen LogP contribution in [0.5, 0.6) is 0 Å². The Morgan fingerprint density at radius 1 is 0.818 bits per heavy atom. The molecule has 0 unspecified atom stereocenters. The molecule has 2 nitrogen and oxygen atoms in total. The van der Waals surface area contributed by atoms with Crippen LogP contribution in [0.3, 0.4) is 0 Å². The van der Waals surface area contributed by atoms with Crippen molar-refractivity contribution in [3.63, 3.8) is 0 Å².